The van der Waals surface area contributed by atoms with E-state index in [2.05, 4.69) is 10.1 Å². The number of pyridine rings is 1. The summed E-state index contributed by atoms with van der Waals surface area (Å²) >= 11 is 1.68. The molecular weight excluding hydrogens is 282 g/mol. The quantitative estimate of drug-likeness (QED) is 0.753. The first-order valence-corrected chi connectivity index (χ1v) is 7.83. The maximum atomic E-state index is 12.1. The van der Waals surface area contributed by atoms with E-state index in [-0.39, 0.29) is 5.56 Å². The summed E-state index contributed by atoms with van der Waals surface area (Å²) in [5.41, 5.74) is 2.74. The summed E-state index contributed by atoms with van der Waals surface area (Å²) in [6, 6.07) is 13.4. The van der Waals surface area contributed by atoms with Crippen LogP contribution in [0.1, 0.15) is 11.3 Å². The van der Waals surface area contributed by atoms with Gasteiger partial charge in [0, 0.05) is 35.5 Å². The molecule has 2 heterocycles. The lowest BCUT2D eigenvalue weighted by Gasteiger charge is -2.03. The van der Waals surface area contributed by atoms with Crippen molar-refractivity contribution in [3.63, 3.8) is 0 Å². The molecule has 0 amide bonds. The lowest BCUT2D eigenvalue weighted by atomic mass is 10.2. The molecule has 0 aliphatic carbocycles. The van der Waals surface area contributed by atoms with Gasteiger partial charge in [-0.15, -0.1) is 11.8 Å². The van der Waals surface area contributed by atoms with Crippen LogP contribution in [0.25, 0.3) is 5.69 Å². The van der Waals surface area contributed by atoms with E-state index in [0.717, 1.165) is 16.9 Å². The Morgan fingerprint density at radius 1 is 1.24 bits per heavy atom. The van der Waals surface area contributed by atoms with Crippen LogP contribution in [-0.4, -0.2) is 21.0 Å². The highest BCUT2D eigenvalue weighted by Crippen LogP contribution is 2.16. The topological polar surface area (TPSA) is 50.7 Å². The van der Waals surface area contributed by atoms with Crippen LogP contribution in [-0.2, 0) is 6.42 Å². The molecule has 0 unspecified atom stereocenters. The van der Waals surface area contributed by atoms with E-state index in [1.807, 2.05) is 48.9 Å². The van der Waals surface area contributed by atoms with Gasteiger partial charge in [0.15, 0.2) is 0 Å². The number of thioether (sulfide) groups is 1. The van der Waals surface area contributed by atoms with Gasteiger partial charge in [-0.25, -0.2) is 4.68 Å². The molecule has 0 atom stereocenters. The Hall–Kier alpha value is -2.27. The van der Waals surface area contributed by atoms with Crippen LogP contribution in [0.4, 0.5) is 0 Å². The van der Waals surface area contributed by atoms with E-state index < -0.39 is 0 Å². The second-order valence-electron chi connectivity index (χ2n) is 4.69. The highest BCUT2D eigenvalue weighted by Gasteiger charge is 2.06. The zero-order valence-corrected chi connectivity index (χ0v) is 12.4. The molecule has 106 valence electrons. The molecule has 0 saturated carbocycles. The van der Waals surface area contributed by atoms with Crippen LogP contribution in [0.15, 0.2) is 64.5 Å². The zero-order valence-electron chi connectivity index (χ0n) is 11.6. The van der Waals surface area contributed by atoms with Gasteiger partial charge in [-0.2, -0.15) is 0 Å². The smallest absolute Gasteiger partial charge is 0.271 e. The molecule has 21 heavy (non-hydrogen) atoms. The minimum absolute atomic E-state index is 0.0502. The monoisotopic (exact) mass is 297 g/mol. The van der Waals surface area contributed by atoms with Gasteiger partial charge in [-0.3, -0.25) is 14.9 Å². The van der Waals surface area contributed by atoms with Gasteiger partial charge in [0.25, 0.3) is 5.56 Å². The molecule has 0 aliphatic heterocycles. The van der Waals surface area contributed by atoms with Crippen LogP contribution in [0.3, 0.4) is 0 Å². The third kappa shape index (κ3) is 3.08. The van der Waals surface area contributed by atoms with Crippen molar-refractivity contribution in [1.29, 1.82) is 0 Å². The summed E-state index contributed by atoms with van der Waals surface area (Å²) < 4.78 is 1.57. The highest BCUT2D eigenvalue weighted by molar-refractivity contribution is 7.98. The molecule has 0 radical (unpaired) electrons. The average molecular weight is 297 g/mol. The van der Waals surface area contributed by atoms with E-state index in [9.17, 15) is 4.79 Å². The lowest BCUT2D eigenvalue weighted by molar-refractivity contribution is 0.823. The molecule has 3 rings (SSSR count). The van der Waals surface area contributed by atoms with Crippen molar-refractivity contribution >= 4 is 11.8 Å². The van der Waals surface area contributed by atoms with Gasteiger partial charge < -0.3 is 0 Å². The summed E-state index contributed by atoms with van der Waals surface area (Å²) in [4.78, 5) is 17.4. The van der Waals surface area contributed by atoms with Crippen LogP contribution in [0.5, 0.6) is 0 Å². The third-order valence-corrected chi connectivity index (χ3v) is 3.97. The number of aromatic amines is 1. The highest BCUT2D eigenvalue weighted by atomic mass is 32.2. The first kappa shape index (κ1) is 13.7. The Labute approximate surface area is 126 Å². The van der Waals surface area contributed by atoms with Gasteiger partial charge in [0.1, 0.15) is 0 Å². The molecular formula is C16H15N3OS. The maximum absolute atomic E-state index is 12.1. The number of nitrogens with one attached hydrogen (secondary N) is 1. The van der Waals surface area contributed by atoms with Crippen molar-refractivity contribution in [2.45, 2.75) is 11.3 Å². The van der Waals surface area contributed by atoms with E-state index in [1.165, 1.54) is 4.90 Å². The van der Waals surface area contributed by atoms with E-state index >= 15 is 0 Å². The largest absolute Gasteiger partial charge is 0.295 e. The molecule has 2 aromatic heterocycles. The Bertz CT molecular complexity index is 775. The van der Waals surface area contributed by atoms with Crippen LogP contribution in [0, 0.1) is 0 Å². The lowest BCUT2D eigenvalue weighted by Crippen LogP contribution is -2.13. The molecule has 0 spiro atoms. The van der Waals surface area contributed by atoms with Crippen molar-refractivity contribution in [2.24, 2.45) is 0 Å². The van der Waals surface area contributed by atoms with Crippen molar-refractivity contribution in [1.82, 2.24) is 14.8 Å². The number of hydrogen-bond acceptors (Lipinski definition) is 3. The first-order valence-electron chi connectivity index (χ1n) is 6.60. The third-order valence-electron chi connectivity index (χ3n) is 3.22. The summed E-state index contributed by atoms with van der Waals surface area (Å²) in [6.45, 7) is 0. The zero-order chi connectivity index (χ0) is 14.7. The fourth-order valence-corrected chi connectivity index (χ4v) is 2.59. The number of rotatable bonds is 4. The fraction of sp³-hybridized carbons (Fsp3) is 0.125. The fourth-order valence-electron chi connectivity index (χ4n) is 2.18. The Kier molecular flexibility index (Phi) is 3.92. The number of nitrogens with zero attached hydrogens (tertiary/aromatic N) is 2. The van der Waals surface area contributed by atoms with Crippen molar-refractivity contribution in [3.05, 3.63) is 76.5 Å². The average Bonchev–Trinajstić information content (AvgIpc) is 2.89. The summed E-state index contributed by atoms with van der Waals surface area (Å²) in [6.07, 6.45) is 6.24. The van der Waals surface area contributed by atoms with Gasteiger partial charge >= 0.3 is 0 Å². The molecule has 4 nitrogen and oxygen atoms in total. The van der Waals surface area contributed by atoms with E-state index in [1.54, 1.807) is 28.7 Å². The summed E-state index contributed by atoms with van der Waals surface area (Å²) in [5, 5.41) is 3.15. The Balaban J connectivity index is 1.88. The van der Waals surface area contributed by atoms with Crippen LogP contribution >= 0.6 is 11.8 Å². The molecule has 3 aromatic rings. The number of aromatic nitrogens is 3. The number of benzene rings is 1. The van der Waals surface area contributed by atoms with Gasteiger partial charge in [-0.05, 0) is 42.2 Å². The SMILES string of the molecule is CSc1ccc(-n2[nH]c(Cc3cccnc3)cc2=O)cc1. The van der Waals surface area contributed by atoms with Crippen molar-refractivity contribution in [3.8, 4) is 5.69 Å². The number of H-pyrrole nitrogens is 1. The number of hydrogen-bond donors (Lipinski definition) is 1. The minimum Gasteiger partial charge on any atom is -0.295 e. The minimum atomic E-state index is -0.0502. The second kappa shape index (κ2) is 6.01. The van der Waals surface area contributed by atoms with E-state index in [4.69, 9.17) is 0 Å². The molecule has 0 bridgehead atoms. The summed E-state index contributed by atoms with van der Waals surface area (Å²) in [7, 11) is 0. The molecule has 0 aliphatic rings. The van der Waals surface area contributed by atoms with Crippen LogP contribution in [0.2, 0.25) is 0 Å². The maximum Gasteiger partial charge on any atom is 0.271 e. The molecule has 0 fully saturated rings. The molecule has 5 heteroatoms. The summed E-state index contributed by atoms with van der Waals surface area (Å²) in [5.74, 6) is 0. The first-order chi connectivity index (χ1) is 10.3. The molecule has 1 aromatic carbocycles. The molecule has 1 N–H and O–H groups in total. The van der Waals surface area contributed by atoms with Gasteiger partial charge in [-0.1, -0.05) is 6.07 Å². The molecule has 0 saturated heterocycles. The Morgan fingerprint density at radius 3 is 2.71 bits per heavy atom. The predicted octanol–water partition coefficient (Wildman–Crippen LogP) is 2.87. The van der Waals surface area contributed by atoms with Crippen molar-refractivity contribution in [2.75, 3.05) is 6.26 Å². The predicted molar refractivity (Wildman–Crippen MR) is 85.2 cm³/mol. The van der Waals surface area contributed by atoms with Crippen LogP contribution < -0.4 is 5.56 Å². The van der Waals surface area contributed by atoms with Gasteiger partial charge in [0.05, 0.1) is 5.69 Å². The van der Waals surface area contributed by atoms with Gasteiger partial charge in [0.2, 0.25) is 0 Å². The Morgan fingerprint density at radius 2 is 2.05 bits per heavy atom. The van der Waals surface area contributed by atoms with Crippen molar-refractivity contribution < 1.29 is 0 Å². The standard InChI is InChI=1S/C16H15N3OS/c1-21-15-6-4-14(5-7-15)19-16(20)10-13(18-19)9-12-3-2-8-17-11-12/h2-8,10-11,18H,9H2,1H3. The van der Waals surface area contributed by atoms with E-state index in [0.29, 0.717) is 6.42 Å². The second-order valence-corrected chi connectivity index (χ2v) is 5.57. The normalized spacial score (nSPS) is 10.7.